The summed E-state index contributed by atoms with van der Waals surface area (Å²) in [5, 5.41) is 15.9. The number of aliphatic hydroxyl groups is 1. The molecule has 1 fully saturated rings. The maximum absolute atomic E-state index is 10.8. The molecule has 1 N–H and O–H groups in total. The summed E-state index contributed by atoms with van der Waals surface area (Å²) in [4.78, 5) is 10.2. The average Bonchev–Trinajstić information content (AvgIpc) is 2.84. The lowest BCUT2D eigenvalue weighted by molar-refractivity contribution is -0.171. The predicted molar refractivity (Wildman–Crippen MR) is 66.6 cm³/mol. The Balaban J connectivity index is 2.01. The van der Waals surface area contributed by atoms with Crippen molar-refractivity contribution < 1.29 is 5.11 Å². The number of hydrogen-bond acceptors (Lipinski definition) is 5. The van der Waals surface area contributed by atoms with Crippen molar-refractivity contribution in [1.82, 2.24) is 24.6 Å². The van der Waals surface area contributed by atoms with E-state index in [1.165, 1.54) is 12.7 Å². The van der Waals surface area contributed by atoms with E-state index in [0.29, 0.717) is 5.65 Å². The van der Waals surface area contributed by atoms with E-state index in [4.69, 9.17) is 0 Å². The number of aromatic nitrogens is 4. The van der Waals surface area contributed by atoms with Gasteiger partial charge in [0, 0.05) is 26.2 Å². The van der Waals surface area contributed by atoms with Crippen LogP contribution in [0, 0.1) is 0 Å². The molecule has 0 bridgehead atoms. The molecule has 1 aliphatic rings. The van der Waals surface area contributed by atoms with Crippen molar-refractivity contribution in [2.75, 3.05) is 13.1 Å². The molecule has 1 unspecified atom stereocenters. The first kappa shape index (κ1) is 11.6. The summed E-state index contributed by atoms with van der Waals surface area (Å²) in [5.41, 5.74) is 0.667. The lowest BCUT2D eigenvalue weighted by Crippen LogP contribution is -2.51. The van der Waals surface area contributed by atoms with Gasteiger partial charge in [0.25, 0.3) is 0 Å². The monoisotopic (exact) mass is 247 g/mol. The molecule has 6 nitrogen and oxygen atoms in total. The molecule has 1 atom stereocenters. The van der Waals surface area contributed by atoms with Gasteiger partial charge < -0.3 is 5.11 Å². The zero-order chi connectivity index (χ0) is 12.6. The maximum Gasteiger partial charge on any atom is 0.216 e. The lowest BCUT2D eigenvalue weighted by atomic mass is 10.1. The molecule has 2 aromatic heterocycles. The highest BCUT2D eigenvalue weighted by Crippen LogP contribution is 2.25. The van der Waals surface area contributed by atoms with Gasteiger partial charge in [-0.1, -0.05) is 6.42 Å². The summed E-state index contributed by atoms with van der Waals surface area (Å²) in [5.74, 6) is -1.13. The fourth-order valence-corrected chi connectivity index (χ4v) is 2.54. The van der Waals surface area contributed by atoms with E-state index in [1.807, 2.05) is 4.90 Å². The molecule has 0 saturated carbocycles. The number of likely N-dealkylation sites (tertiary alicyclic amines) is 1. The van der Waals surface area contributed by atoms with Crippen LogP contribution < -0.4 is 0 Å². The lowest BCUT2D eigenvalue weighted by Gasteiger charge is -2.39. The van der Waals surface area contributed by atoms with Crippen molar-refractivity contribution in [3.63, 3.8) is 0 Å². The number of piperidine rings is 1. The van der Waals surface area contributed by atoms with Gasteiger partial charge in [-0.3, -0.25) is 4.90 Å². The van der Waals surface area contributed by atoms with E-state index >= 15 is 0 Å². The highest BCUT2D eigenvalue weighted by atomic mass is 16.3. The van der Waals surface area contributed by atoms with Crippen LogP contribution in [0.25, 0.3) is 11.0 Å². The first-order valence-electron chi connectivity index (χ1n) is 6.31. The normalized spacial score (nSPS) is 21.0. The van der Waals surface area contributed by atoms with E-state index in [9.17, 15) is 5.11 Å². The van der Waals surface area contributed by atoms with Crippen LogP contribution in [0.4, 0.5) is 0 Å². The molecule has 0 spiro atoms. The second-order valence-electron chi connectivity index (χ2n) is 4.88. The van der Waals surface area contributed by atoms with Gasteiger partial charge in [-0.25, -0.2) is 14.6 Å². The summed E-state index contributed by atoms with van der Waals surface area (Å²) in [6, 6.07) is 0. The quantitative estimate of drug-likeness (QED) is 0.855. The largest absolute Gasteiger partial charge is 0.357 e. The Morgan fingerprint density at radius 2 is 2.00 bits per heavy atom. The van der Waals surface area contributed by atoms with Gasteiger partial charge in [-0.2, -0.15) is 5.10 Å². The zero-order valence-electron chi connectivity index (χ0n) is 10.5. The van der Waals surface area contributed by atoms with Crippen molar-refractivity contribution in [3.8, 4) is 0 Å². The molecule has 3 heterocycles. The van der Waals surface area contributed by atoms with Crippen molar-refractivity contribution in [2.45, 2.75) is 32.0 Å². The van der Waals surface area contributed by atoms with E-state index in [0.717, 1.165) is 31.3 Å². The molecule has 18 heavy (non-hydrogen) atoms. The maximum atomic E-state index is 10.8. The number of fused-ring (bicyclic) bond motifs is 1. The number of hydrogen-bond donors (Lipinski definition) is 1. The third-order valence-corrected chi connectivity index (χ3v) is 3.59. The SMILES string of the molecule is CC(O)(N1CCCCC1)n1ncc2cncnc21. The number of nitrogens with zero attached hydrogens (tertiary/aromatic N) is 5. The second kappa shape index (κ2) is 4.29. The van der Waals surface area contributed by atoms with Gasteiger partial charge in [0.2, 0.25) is 5.85 Å². The topological polar surface area (TPSA) is 67.1 Å². The predicted octanol–water partition coefficient (Wildman–Crippen LogP) is 0.935. The first-order valence-corrected chi connectivity index (χ1v) is 6.31. The Kier molecular flexibility index (Phi) is 2.76. The van der Waals surface area contributed by atoms with E-state index in [1.54, 1.807) is 24.0 Å². The summed E-state index contributed by atoms with van der Waals surface area (Å²) < 4.78 is 1.58. The van der Waals surface area contributed by atoms with Gasteiger partial charge in [-0.05, 0) is 12.8 Å². The van der Waals surface area contributed by atoms with Gasteiger partial charge in [0.1, 0.15) is 6.33 Å². The summed E-state index contributed by atoms with van der Waals surface area (Å²) >= 11 is 0. The van der Waals surface area contributed by atoms with Crippen LogP contribution in [0.3, 0.4) is 0 Å². The molecule has 1 aliphatic heterocycles. The van der Waals surface area contributed by atoms with Gasteiger partial charge in [0.15, 0.2) is 5.65 Å². The molecule has 2 aromatic rings. The molecule has 1 saturated heterocycles. The summed E-state index contributed by atoms with van der Waals surface area (Å²) in [6.07, 6.45) is 8.34. The first-order chi connectivity index (χ1) is 8.69. The van der Waals surface area contributed by atoms with Crippen LogP contribution in [0.2, 0.25) is 0 Å². The minimum atomic E-state index is -1.13. The van der Waals surface area contributed by atoms with E-state index in [2.05, 4.69) is 15.1 Å². The molecular weight excluding hydrogens is 230 g/mol. The van der Waals surface area contributed by atoms with Crippen LogP contribution in [-0.4, -0.2) is 42.8 Å². The standard InChI is InChI=1S/C12H17N5O/c1-12(18,16-5-3-2-4-6-16)17-11-10(8-15-17)7-13-9-14-11/h7-9,18H,2-6H2,1H3. The molecule has 0 amide bonds. The Morgan fingerprint density at radius 1 is 1.22 bits per heavy atom. The van der Waals surface area contributed by atoms with Crippen LogP contribution in [0.15, 0.2) is 18.7 Å². The smallest absolute Gasteiger partial charge is 0.216 e. The minimum Gasteiger partial charge on any atom is -0.357 e. The Bertz CT molecular complexity index is 544. The minimum absolute atomic E-state index is 0.667. The summed E-state index contributed by atoms with van der Waals surface area (Å²) in [6.45, 7) is 3.55. The van der Waals surface area contributed by atoms with Crippen molar-refractivity contribution in [3.05, 3.63) is 18.7 Å². The molecule has 0 radical (unpaired) electrons. The third-order valence-electron chi connectivity index (χ3n) is 3.59. The average molecular weight is 247 g/mol. The Hall–Kier alpha value is -1.53. The van der Waals surface area contributed by atoms with Crippen molar-refractivity contribution >= 4 is 11.0 Å². The highest BCUT2D eigenvalue weighted by molar-refractivity contribution is 5.72. The van der Waals surface area contributed by atoms with Crippen LogP contribution in [0.5, 0.6) is 0 Å². The Morgan fingerprint density at radius 3 is 2.78 bits per heavy atom. The molecule has 0 aromatic carbocycles. The van der Waals surface area contributed by atoms with Crippen molar-refractivity contribution in [1.29, 1.82) is 0 Å². The summed E-state index contributed by atoms with van der Waals surface area (Å²) in [7, 11) is 0. The Labute approximate surface area is 105 Å². The fourth-order valence-electron chi connectivity index (χ4n) is 2.54. The molecule has 6 heteroatoms. The third kappa shape index (κ3) is 1.77. The van der Waals surface area contributed by atoms with Gasteiger partial charge in [0.05, 0.1) is 11.6 Å². The van der Waals surface area contributed by atoms with Gasteiger partial charge >= 0.3 is 0 Å². The zero-order valence-corrected chi connectivity index (χ0v) is 10.5. The molecule has 96 valence electrons. The van der Waals surface area contributed by atoms with Crippen LogP contribution in [0.1, 0.15) is 26.2 Å². The molecule has 3 rings (SSSR count). The van der Waals surface area contributed by atoms with Gasteiger partial charge in [-0.15, -0.1) is 0 Å². The van der Waals surface area contributed by atoms with Crippen LogP contribution >= 0.6 is 0 Å². The van der Waals surface area contributed by atoms with E-state index in [-0.39, 0.29) is 0 Å². The molecular formula is C12H17N5O. The second-order valence-corrected chi connectivity index (χ2v) is 4.88. The fraction of sp³-hybridized carbons (Fsp3) is 0.583. The highest BCUT2D eigenvalue weighted by Gasteiger charge is 2.34. The number of rotatable bonds is 2. The van der Waals surface area contributed by atoms with E-state index < -0.39 is 5.85 Å². The molecule has 0 aliphatic carbocycles. The van der Waals surface area contributed by atoms with Crippen molar-refractivity contribution in [2.24, 2.45) is 0 Å². The van der Waals surface area contributed by atoms with Crippen LogP contribution in [-0.2, 0) is 5.85 Å².